The van der Waals surface area contributed by atoms with E-state index in [-0.39, 0.29) is 30.7 Å². The molecule has 0 fully saturated rings. The van der Waals surface area contributed by atoms with Crippen LogP contribution in [0.2, 0.25) is 0 Å². The molecule has 0 radical (unpaired) electrons. The zero-order valence-corrected chi connectivity index (χ0v) is 18.8. The molecule has 1 N–H and O–H groups in total. The van der Waals surface area contributed by atoms with E-state index in [1.165, 1.54) is 26.1 Å². The second-order valence-electron chi connectivity index (χ2n) is 6.84. The van der Waals surface area contributed by atoms with Gasteiger partial charge in [-0.15, -0.1) is 0 Å². The van der Waals surface area contributed by atoms with Crippen LogP contribution < -0.4 is 28.6 Å². The van der Waals surface area contributed by atoms with Crippen molar-refractivity contribution in [3.05, 3.63) is 95.6 Å². The summed E-state index contributed by atoms with van der Waals surface area (Å²) < 4.78 is 5.12. The molecule has 0 aliphatic heterocycles. The summed E-state index contributed by atoms with van der Waals surface area (Å²) in [5.74, 6) is 0.0451. The van der Waals surface area contributed by atoms with Crippen molar-refractivity contribution < 1.29 is 47.3 Å². The van der Waals surface area contributed by atoms with Gasteiger partial charge in [-0.2, -0.15) is 0 Å². The number of carbonyl (C=O) groups excluding carboxylic acids is 1. The zero-order valence-electron chi connectivity index (χ0n) is 15.7. The Morgan fingerprint density at radius 2 is 1.21 bits per heavy atom. The van der Waals surface area contributed by atoms with Gasteiger partial charge in [-0.05, 0) is 0 Å². The summed E-state index contributed by atoms with van der Waals surface area (Å²) in [6.45, 7) is 4.34. The molecular formula is C23H21Cl2NOTi. The molecule has 1 aliphatic rings. The monoisotopic (exact) mass is 445 g/mol. The molecule has 0 spiro atoms. The van der Waals surface area contributed by atoms with Gasteiger partial charge in [-0.3, -0.25) is 0 Å². The Bertz CT molecular complexity index is 968. The molecular weight excluding hydrogens is 425 g/mol. The Kier molecular flexibility index (Phi) is 7.80. The van der Waals surface area contributed by atoms with Crippen molar-refractivity contribution in [1.29, 1.82) is 0 Å². The second-order valence-corrected chi connectivity index (χ2v) is 11.0. The molecule has 0 saturated heterocycles. The van der Waals surface area contributed by atoms with Gasteiger partial charge in [0.05, 0.1) is 0 Å². The van der Waals surface area contributed by atoms with Crippen LogP contribution in [0, 0.1) is 0 Å². The maximum absolute atomic E-state index is 12.9. The fourth-order valence-electron chi connectivity index (χ4n) is 3.74. The van der Waals surface area contributed by atoms with Gasteiger partial charge in [0.15, 0.2) is 0 Å². The van der Waals surface area contributed by atoms with E-state index in [0.717, 1.165) is 5.56 Å². The largest absolute Gasteiger partial charge is 1.00 e. The van der Waals surface area contributed by atoms with E-state index in [2.05, 4.69) is 66.2 Å². The molecule has 0 bridgehead atoms. The summed E-state index contributed by atoms with van der Waals surface area (Å²) in [6, 6.07) is 26.8. The van der Waals surface area contributed by atoms with Crippen molar-refractivity contribution in [3.63, 3.8) is 0 Å². The van der Waals surface area contributed by atoms with E-state index < -0.39 is 17.7 Å². The van der Waals surface area contributed by atoms with Crippen LogP contribution in [-0.2, 0) is 17.7 Å². The molecule has 0 saturated carbocycles. The van der Waals surface area contributed by atoms with E-state index in [1.807, 2.05) is 30.3 Å². The summed E-state index contributed by atoms with van der Waals surface area (Å²) in [7, 11) is 0. The predicted octanol–water partition coefficient (Wildman–Crippen LogP) is -1.06. The first-order valence-electron chi connectivity index (χ1n) is 8.89. The van der Waals surface area contributed by atoms with Crippen molar-refractivity contribution in [2.75, 3.05) is 0 Å². The minimum Gasteiger partial charge on any atom is -1.00 e. The Labute approximate surface area is 184 Å². The zero-order chi connectivity index (χ0) is 18.1. The normalized spacial score (nSPS) is 11.0. The van der Waals surface area contributed by atoms with Crippen molar-refractivity contribution in [1.82, 2.24) is 3.80 Å². The predicted molar refractivity (Wildman–Crippen MR) is 104 cm³/mol. The Balaban J connectivity index is 0.00000140. The number of rotatable bonds is 3. The van der Waals surface area contributed by atoms with Gasteiger partial charge in [0.2, 0.25) is 0 Å². The van der Waals surface area contributed by atoms with Gasteiger partial charge in [0.25, 0.3) is 0 Å². The summed E-state index contributed by atoms with van der Waals surface area (Å²) >= 11 is -2.08. The van der Waals surface area contributed by atoms with Gasteiger partial charge in [0, 0.05) is 0 Å². The molecule has 142 valence electrons. The first-order valence-corrected chi connectivity index (χ1v) is 11.3. The number of hydrogen-bond acceptors (Lipinski definition) is 1. The van der Waals surface area contributed by atoms with Crippen molar-refractivity contribution in [3.8, 4) is 11.1 Å². The number of benzene rings is 3. The van der Waals surface area contributed by atoms with Crippen LogP contribution in [0.15, 0.2) is 78.9 Å². The van der Waals surface area contributed by atoms with Crippen LogP contribution in [-0.4, -0.2) is 9.72 Å². The average Bonchev–Trinajstić information content (AvgIpc) is 3.01. The number of amides is 1. The average molecular weight is 446 g/mol. The Morgan fingerprint density at radius 3 is 1.71 bits per heavy atom. The second kappa shape index (κ2) is 9.67. The molecule has 0 heterocycles. The summed E-state index contributed by atoms with van der Waals surface area (Å²) in [5.41, 5.74) is 6.08. The van der Waals surface area contributed by atoms with Crippen LogP contribution in [0.5, 0.6) is 0 Å². The molecule has 5 heteroatoms. The first-order chi connectivity index (χ1) is 12.7. The number of carbonyl (C=O) groups is 1. The number of halogens is 2. The standard InChI is InChI=1S/C13H9.C7H7NO.C3H6.2ClH.Ti/c1-3-7-12-10(5-1)9-11-6-2-4-8-13(11)12;8-7(9)6-4-2-1-3-5-6;1-3-2;;;/h1-9H;1-5H,(H2,8,9);1-2H3;2*1H;/q;;;;;+3/p-3. The summed E-state index contributed by atoms with van der Waals surface area (Å²) in [6.07, 6.45) is 0. The first kappa shape index (κ1) is 22.6. The van der Waals surface area contributed by atoms with E-state index in [1.54, 1.807) is 0 Å². The van der Waals surface area contributed by atoms with Gasteiger partial charge >= 0.3 is 161 Å². The fraction of sp³-hybridized carbons (Fsp3) is 0.130. The van der Waals surface area contributed by atoms with Crippen LogP contribution in [0.1, 0.15) is 39.6 Å². The maximum atomic E-state index is 12.9. The van der Waals surface area contributed by atoms with Gasteiger partial charge in [-0.1, -0.05) is 0 Å². The van der Waals surface area contributed by atoms with Gasteiger partial charge in [0.1, 0.15) is 0 Å². The van der Waals surface area contributed by atoms with E-state index in [0.29, 0.717) is 4.22 Å². The summed E-state index contributed by atoms with van der Waals surface area (Å²) in [4.78, 5) is 12.9. The van der Waals surface area contributed by atoms with Gasteiger partial charge in [-0.25, -0.2) is 0 Å². The molecule has 3 aromatic rings. The molecule has 2 nitrogen and oxygen atoms in total. The SMILES string of the molecule is C[C](C)=[Ti+2]([NH]C(=O)c1ccccc1)[CH]1c2ccccc2-c2ccccc21.[Cl-].[Cl-]. The third kappa shape index (κ3) is 4.16. The smallest absolute Gasteiger partial charge is 1.00 e. The minimum absolute atomic E-state index is 0. The Morgan fingerprint density at radius 1 is 0.750 bits per heavy atom. The van der Waals surface area contributed by atoms with Crippen molar-refractivity contribution in [2.45, 2.75) is 18.1 Å². The van der Waals surface area contributed by atoms with Crippen LogP contribution in [0.25, 0.3) is 11.1 Å². The van der Waals surface area contributed by atoms with E-state index >= 15 is 0 Å². The molecule has 0 atom stereocenters. The van der Waals surface area contributed by atoms with E-state index in [9.17, 15) is 4.79 Å². The topological polar surface area (TPSA) is 29.1 Å². The molecule has 0 unspecified atom stereocenters. The van der Waals surface area contributed by atoms with Crippen LogP contribution in [0.3, 0.4) is 0 Å². The molecule has 1 aliphatic carbocycles. The van der Waals surface area contributed by atoms with Crippen LogP contribution in [0.4, 0.5) is 0 Å². The number of fused-ring (bicyclic) bond motifs is 3. The maximum Gasteiger partial charge on any atom is -1.00 e. The van der Waals surface area contributed by atoms with Crippen molar-refractivity contribution in [2.24, 2.45) is 0 Å². The molecule has 1 amide bonds. The minimum atomic E-state index is -2.08. The van der Waals surface area contributed by atoms with Crippen molar-refractivity contribution >= 4 is 9.72 Å². The quantitative estimate of drug-likeness (QED) is 0.511. The molecule has 28 heavy (non-hydrogen) atoms. The fourth-order valence-corrected chi connectivity index (χ4v) is 7.62. The Hall–Kier alpha value is -1.71. The molecule has 0 aromatic heterocycles. The summed E-state index contributed by atoms with van der Waals surface area (Å²) in [5, 5.41) is 0. The van der Waals surface area contributed by atoms with E-state index in [4.69, 9.17) is 0 Å². The van der Waals surface area contributed by atoms with Gasteiger partial charge < -0.3 is 24.8 Å². The number of nitrogens with one attached hydrogen (secondary N) is 1. The van der Waals surface area contributed by atoms with Crippen LogP contribution >= 0.6 is 0 Å². The molecule has 4 rings (SSSR count). The third-order valence-electron chi connectivity index (χ3n) is 4.95. The molecule has 3 aromatic carbocycles. The number of hydrogen-bond donors (Lipinski definition) is 1. The third-order valence-corrected chi connectivity index (χ3v) is 9.28.